The molecule has 3 aliphatic rings. The first-order valence-corrected chi connectivity index (χ1v) is 36.4. The first-order valence-electron chi connectivity index (χ1n) is 34.9. The Morgan fingerprint density at radius 2 is 1.14 bits per heavy atom. The van der Waals surface area contributed by atoms with Crippen LogP contribution in [0.3, 0.4) is 0 Å². The van der Waals surface area contributed by atoms with Crippen LogP contribution in [-0.4, -0.2) is 231 Å². The Balaban J connectivity index is 2.00. The zero-order valence-corrected chi connectivity index (χ0v) is 56.6. The predicted octanol–water partition coefficient (Wildman–Crippen LogP) is 4.36. The van der Waals surface area contributed by atoms with E-state index < -0.39 is 181 Å². The maximum atomic E-state index is 13.6. The minimum Gasteiger partial charge on any atom is -0.477 e. The van der Waals surface area contributed by atoms with Crippen molar-refractivity contribution in [2.45, 2.75) is 368 Å². The second kappa shape index (κ2) is 47.0. The van der Waals surface area contributed by atoms with Crippen molar-refractivity contribution in [3.63, 3.8) is 0 Å². The molecule has 0 spiro atoms. The summed E-state index contributed by atoms with van der Waals surface area (Å²) in [5.41, 5.74) is 0. The zero-order chi connectivity index (χ0) is 68.9. The molecule has 1 amide bonds. The van der Waals surface area contributed by atoms with Gasteiger partial charge in [-0.15, -0.1) is 0 Å². The van der Waals surface area contributed by atoms with Crippen LogP contribution in [0.4, 0.5) is 0 Å². The number of aliphatic hydroxyl groups is 11. The number of ether oxygens (including phenoxy) is 7. The van der Waals surface area contributed by atoms with Gasteiger partial charge in [0.15, 0.2) is 18.9 Å². The van der Waals surface area contributed by atoms with Gasteiger partial charge in [-0.1, -0.05) is 182 Å². The number of carboxylic acids is 1. The molecular formula is C64H121N2O26P. The van der Waals surface area contributed by atoms with Crippen molar-refractivity contribution in [1.82, 2.24) is 10.6 Å². The van der Waals surface area contributed by atoms with E-state index in [0.29, 0.717) is 51.4 Å². The molecule has 93 heavy (non-hydrogen) atoms. The molecule has 0 aromatic carbocycles. The number of rotatable bonds is 53. The van der Waals surface area contributed by atoms with Gasteiger partial charge >= 0.3 is 19.8 Å². The molecule has 3 saturated heterocycles. The fraction of sp³-hybridized carbons (Fsp3) is 0.953. The molecule has 0 saturated carbocycles. The Morgan fingerprint density at radius 1 is 0.613 bits per heavy atom. The third kappa shape index (κ3) is 32.6. The average Bonchev–Trinajstić information content (AvgIpc) is 0.790. The summed E-state index contributed by atoms with van der Waals surface area (Å²) in [6.45, 7) is 5.17. The summed E-state index contributed by atoms with van der Waals surface area (Å²) in [6.07, 6.45) is -6.33. The molecule has 29 heteroatoms. The molecule has 0 unspecified atom stereocenters. The number of phosphoric acid groups is 1. The first kappa shape index (κ1) is 85.0. The lowest BCUT2D eigenvalue weighted by molar-refractivity contribution is -0.342. The van der Waals surface area contributed by atoms with Crippen LogP contribution in [0.25, 0.3) is 0 Å². The van der Waals surface area contributed by atoms with E-state index in [4.69, 9.17) is 37.7 Å². The lowest BCUT2D eigenvalue weighted by atomic mass is 9.92. The lowest BCUT2D eigenvalue weighted by Gasteiger charge is -2.48. The highest BCUT2D eigenvalue weighted by Gasteiger charge is 2.57. The maximum absolute atomic E-state index is 13.6. The number of hydrogen-bond acceptors (Lipinski definition) is 24. The summed E-state index contributed by atoms with van der Waals surface area (Å²) in [5.74, 6) is -6.24. The number of aliphatic carboxylic acids is 1. The normalized spacial score (nSPS) is 28.9. The summed E-state index contributed by atoms with van der Waals surface area (Å²) in [6, 6.07) is -3.46. The van der Waals surface area contributed by atoms with Crippen molar-refractivity contribution in [2.24, 2.45) is 0 Å². The number of carbonyl (C=O) groups excluding carboxylic acids is 2. The van der Waals surface area contributed by atoms with Crippen LogP contribution < -0.4 is 10.6 Å². The van der Waals surface area contributed by atoms with Crippen LogP contribution >= 0.6 is 7.82 Å². The largest absolute Gasteiger partial charge is 0.477 e. The van der Waals surface area contributed by atoms with Gasteiger partial charge in [-0.05, 0) is 32.1 Å². The van der Waals surface area contributed by atoms with E-state index in [1.165, 1.54) is 25.7 Å². The molecule has 0 radical (unpaired) electrons. The Labute approximate surface area is 550 Å². The molecule has 548 valence electrons. The van der Waals surface area contributed by atoms with E-state index in [1.807, 2.05) is 6.92 Å². The SMILES string of the molecule is CCCCCCCCCCC[C@@H](O)CC(=O)N[C@@H]1[C@@H](O[C@@H](O)C[C@H](O)CCCCCCCCCCC)[C@H](O)[C@@H](CO[C@@H]2O[C@H](CO[C@]3(C(=O)O)C[C@@H](O)[C@@H](O)[C@@H]([C@H](O)CO)O3)[C@@H](OP(=O)(O)O)[C@H](O)[C@H]2N[C@@H](O)C[C@@H](CCCCCCCC)OC(=O)CCCC)O[C@@H]1O. The molecule has 20 atom stereocenters. The zero-order valence-electron chi connectivity index (χ0n) is 55.7. The van der Waals surface area contributed by atoms with Gasteiger partial charge < -0.3 is 110 Å². The molecule has 3 aliphatic heterocycles. The number of amides is 1. The van der Waals surface area contributed by atoms with Gasteiger partial charge in [0.25, 0.3) is 5.79 Å². The standard InChI is InChI=1S/C64H121N2O26P/c1-5-9-13-16-19-21-23-25-28-31-42(68)35-49(72)66-54-60(90-52(75)36-43(69)32-29-26-24-22-20-17-14-10-6-2)56(77)47(88-61(54)79)40-85-62-53(65-50(73)37-44(87-51(74)34-12-8-4)33-30-27-18-15-11-7-3)57(78)59(92-93(82,83)84)48(89-62)41-86-64(63(80)81)38-45(70)55(76)58(91-64)46(71)39-67/h42-48,50,52-62,65,67-71,73,75-79H,5-41H2,1-4H3,(H,66,72)(H,80,81)(H2,82,83,84)/t42-,43-,44-,45-,46-,47-,48-,50+,52-,53-,54-,55-,56-,57-,58-,59-,60-,61+,62-,64-/m1/s1. The number of esters is 1. The van der Waals surface area contributed by atoms with Crippen LogP contribution in [0.1, 0.15) is 246 Å². The summed E-state index contributed by atoms with van der Waals surface area (Å²) in [5, 5.41) is 138. The van der Waals surface area contributed by atoms with Gasteiger partial charge in [0.05, 0.1) is 50.6 Å². The van der Waals surface area contributed by atoms with Crippen LogP contribution in [0.15, 0.2) is 0 Å². The van der Waals surface area contributed by atoms with E-state index in [9.17, 15) is 90.0 Å². The Morgan fingerprint density at radius 3 is 1.67 bits per heavy atom. The van der Waals surface area contributed by atoms with Gasteiger partial charge in [0.2, 0.25) is 5.91 Å². The highest BCUT2D eigenvalue weighted by molar-refractivity contribution is 7.46. The Hall–Kier alpha value is -2.20. The van der Waals surface area contributed by atoms with Crippen molar-refractivity contribution < 1.29 is 128 Å². The fourth-order valence-electron chi connectivity index (χ4n) is 12.1. The highest BCUT2D eigenvalue weighted by atomic mass is 31.2. The smallest absolute Gasteiger partial charge is 0.470 e. The molecule has 16 N–H and O–H groups in total. The number of carbonyl (C=O) groups is 3. The Kier molecular flexibility index (Phi) is 42.9. The number of aliphatic hydroxyl groups excluding tert-OH is 11. The minimum absolute atomic E-state index is 0.0884. The molecule has 0 bridgehead atoms. The van der Waals surface area contributed by atoms with E-state index in [2.05, 4.69) is 31.4 Å². The minimum atomic E-state index is -5.67. The first-order chi connectivity index (χ1) is 44.3. The molecule has 0 aromatic rings. The van der Waals surface area contributed by atoms with Crippen molar-refractivity contribution in [3.8, 4) is 0 Å². The molecule has 3 fully saturated rings. The quantitative estimate of drug-likeness (QED) is 0.0174. The van der Waals surface area contributed by atoms with Crippen LogP contribution in [-0.2, 0) is 56.6 Å². The van der Waals surface area contributed by atoms with Crippen molar-refractivity contribution in [1.29, 1.82) is 0 Å². The number of phosphoric ester groups is 1. The van der Waals surface area contributed by atoms with Crippen molar-refractivity contribution in [3.05, 3.63) is 0 Å². The summed E-state index contributed by atoms with van der Waals surface area (Å²) >= 11 is 0. The summed E-state index contributed by atoms with van der Waals surface area (Å²) in [4.78, 5) is 60.0. The molecule has 28 nitrogen and oxygen atoms in total. The molecule has 0 aliphatic carbocycles. The van der Waals surface area contributed by atoms with E-state index in [-0.39, 0.29) is 19.3 Å². The van der Waals surface area contributed by atoms with Crippen molar-refractivity contribution >= 4 is 25.7 Å². The highest BCUT2D eigenvalue weighted by Crippen LogP contribution is 2.43. The second-order valence-corrected chi connectivity index (χ2v) is 27.0. The number of hydrogen-bond donors (Lipinski definition) is 16. The molecule has 3 heterocycles. The monoisotopic (exact) mass is 1360 g/mol. The van der Waals surface area contributed by atoms with Crippen LogP contribution in [0.5, 0.6) is 0 Å². The van der Waals surface area contributed by atoms with Gasteiger partial charge in [-0.3, -0.25) is 19.4 Å². The number of nitrogens with one attached hydrogen (secondary N) is 2. The third-order valence-corrected chi connectivity index (χ3v) is 18.1. The van der Waals surface area contributed by atoms with Crippen molar-refractivity contribution in [2.75, 3.05) is 19.8 Å². The summed E-state index contributed by atoms with van der Waals surface area (Å²) in [7, 11) is -5.67. The van der Waals surface area contributed by atoms with Gasteiger partial charge in [-0.25, -0.2) is 9.36 Å². The Bertz CT molecular complexity index is 2040. The van der Waals surface area contributed by atoms with Gasteiger partial charge in [0, 0.05) is 25.7 Å². The number of carboxylic acid groups (broad SMARTS) is 1. The second-order valence-electron chi connectivity index (χ2n) is 25.8. The van der Waals surface area contributed by atoms with E-state index >= 15 is 0 Å². The fourth-order valence-corrected chi connectivity index (χ4v) is 12.7. The predicted molar refractivity (Wildman–Crippen MR) is 338 cm³/mol. The maximum Gasteiger partial charge on any atom is 0.470 e. The third-order valence-electron chi connectivity index (χ3n) is 17.6. The topological polar surface area (TPSA) is 449 Å². The number of unbranched alkanes of at least 4 members (excludes halogenated alkanes) is 22. The molecule has 0 aromatic heterocycles. The molecular weight excluding hydrogens is 1240 g/mol. The van der Waals surface area contributed by atoms with Gasteiger partial charge in [0.1, 0.15) is 73.3 Å². The van der Waals surface area contributed by atoms with Crippen LogP contribution in [0.2, 0.25) is 0 Å². The van der Waals surface area contributed by atoms with E-state index in [0.717, 1.165) is 109 Å². The van der Waals surface area contributed by atoms with E-state index in [1.54, 1.807) is 0 Å². The van der Waals surface area contributed by atoms with Crippen LogP contribution in [0, 0.1) is 0 Å². The average molecular weight is 1370 g/mol. The molecule has 3 rings (SSSR count). The summed E-state index contributed by atoms with van der Waals surface area (Å²) < 4.78 is 58.9. The van der Waals surface area contributed by atoms with Gasteiger partial charge in [-0.2, -0.15) is 0 Å². The lowest BCUT2D eigenvalue weighted by Crippen LogP contribution is -2.68.